The number of likely N-dealkylation sites (N-methyl/N-ethyl adjacent to an activating group) is 1. The molecule has 0 saturated carbocycles. The Kier molecular flexibility index (Phi) is 2.90. The van der Waals surface area contributed by atoms with Gasteiger partial charge in [-0.2, -0.15) is 10.4 Å². The number of hydrogen-bond donors (Lipinski definition) is 0. The number of fused-ring (bicyclic) bond motifs is 1. The van der Waals surface area contributed by atoms with Crippen molar-refractivity contribution in [2.24, 2.45) is 0 Å². The lowest BCUT2D eigenvalue weighted by molar-refractivity contribution is 0.308. The third-order valence-corrected chi connectivity index (χ3v) is 4.18. The van der Waals surface area contributed by atoms with Gasteiger partial charge in [0.05, 0.1) is 10.9 Å². The minimum absolute atomic E-state index is 0.345. The van der Waals surface area contributed by atoms with Gasteiger partial charge in [-0.25, -0.2) is 0 Å². The summed E-state index contributed by atoms with van der Waals surface area (Å²) in [7, 11) is 2.13. The van der Waals surface area contributed by atoms with Crippen molar-refractivity contribution in [3.05, 3.63) is 28.8 Å². The van der Waals surface area contributed by atoms with Gasteiger partial charge in [-0.3, -0.25) is 4.68 Å². The van der Waals surface area contributed by atoms with E-state index in [1.54, 1.807) is 11.3 Å². The molecule has 0 atom stereocenters. The van der Waals surface area contributed by atoms with Gasteiger partial charge in [0.1, 0.15) is 12.2 Å². The van der Waals surface area contributed by atoms with Crippen LogP contribution in [0.25, 0.3) is 10.6 Å². The predicted molar refractivity (Wildman–Crippen MR) is 71.2 cm³/mol. The number of aromatic nitrogens is 2. The summed E-state index contributed by atoms with van der Waals surface area (Å²) < 4.78 is 1.87. The molecule has 1 aliphatic heterocycles. The van der Waals surface area contributed by atoms with Crippen molar-refractivity contribution in [3.8, 4) is 16.6 Å². The SMILES string of the molecule is CN1CCc2c(c(-c3cccs3)nn2CC#N)C1. The van der Waals surface area contributed by atoms with Crippen LogP contribution in [0.2, 0.25) is 0 Å². The van der Waals surface area contributed by atoms with Crippen LogP contribution >= 0.6 is 11.3 Å². The minimum atomic E-state index is 0.345. The summed E-state index contributed by atoms with van der Waals surface area (Å²) in [6.45, 7) is 2.30. The monoisotopic (exact) mass is 258 g/mol. The first-order chi connectivity index (χ1) is 8.79. The summed E-state index contributed by atoms with van der Waals surface area (Å²) in [5.74, 6) is 0. The Labute approximate surface area is 110 Å². The van der Waals surface area contributed by atoms with Crippen LogP contribution < -0.4 is 0 Å². The molecule has 0 aromatic carbocycles. The fraction of sp³-hybridized carbons (Fsp3) is 0.385. The highest BCUT2D eigenvalue weighted by Crippen LogP contribution is 2.32. The maximum Gasteiger partial charge on any atom is 0.128 e. The maximum absolute atomic E-state index is 8.89. The maximum atomic E-state index is 8.89. The van der Waals surface area contributed by atoms with E-state index in [0.717, 1.165) is 25.2 Å². The Morgan fingerprint density at radius 2 is 2.44 bits per heavy atom. The lowest BCUT2D eigenvalue weighted by atomic mass is 10.0. The first kappa shape index (κ1) is 11.5. The molecule has 0 spiro atoms. The average molecular weight is 258 g/mol. The molecule has 0 saturated heterocycles. The zero-order valence-corrected chi connectivity index (χ0v) is 11.1. The van der Waals surface area contributed by atoms with Crippen molar-refractivity contribution in [2.45, 2.75) is 19.5 Å². The zero-order valence-electron chi connectivity index (χ0n) is 10.3. The number of nitriles is 1. The summed E-state index contributed by atoms with van der Waals surface area (Å²) in [5, 5.41) is 15.6. The van der Waals surface area contributed by atoms with Crippen molar-refractivity contribution in [3.63, 3.8) is 0 Å². The Balaban J connectivity index is 2.12. The van der Waals surface area contributed by atoms with Crippen molar-refractivity contribution in [1.29, 1.82) is 5.26 Å². The molecule has 5 heteroatoms. The molecule has 92 valence electrons. The van der Waals surface area contributed by atoms with Crippen LogP contribution in [-0.4, -0.2) is 28.3 Å². The molecule has 0 radical (unpaired) electrons. The molecule has 18 heavy (non-hydrogen) atoms. The number of rotatable bonds is 2. The molecular weight excluding hydrogens is 244 g/mol. The highest BCUT2D eigenvalue weighted by molar-refractivity contribution is 7.13. The summed E-state index contributed by atoms with van der Waals surface area (Å²) in [4.78, 5) is 3.50. The molecule has 3 heterocycles. The number of nitrogens with zero attached hydrogens (tertiary/aromatic N) is 4. The molecule has 2 aromatic heterocycles. The van der Waals surface area contributed by atoms with E-state index in [9.17, 15) is 0 Å². The highest BCUT2D eigenvalue weighted by atomic mass is 32.1. The second kappa shape index (κ2) is 4.56. The Morgan fingerprint density at radius 1 is 1.56 bits per heavy atom. The Morgan fingerprint density at radius 3 is 3.17 bits per heavy atom. The van der Waals surface area contributed by atoms with E-state index in [1.165, 1.54) is 16.1 Å². The van der Waals surface area contributed by atoms with Crippen LogP contribution in [0, 0.1) is 11.3 Å². The zero-order chi connectivity index (χ0) is 12.5. The van der Waals surface area contributed by atoms with Crippen molar-refractivity contribution >= 4 is 11.3 Å². The van der Waals surface area contributed by atoms with E-state index in [-0.39, 0.29) is 0 Å². The van der Waals surface area contributed by atoms with Gasteiger partial charge >= 0.3 is 0 Å². The van der Waals surface area contributed by atoms with Gasteiger partial charge in [-0.15, -0.1) is 11.3 Å². The van der Waals surface area contributed by atoms with Gasteiger partial charge in [-0.1, -0.05) is 6.07 Å². The molecular formula is C13H14N4S. The number of hydrogen-bond acceptors (Lipinski definition) is 4. The number of thiophene rings is 1. The Hall–Kier alpha value is -1.64. The molecule has 0 aliphatic carbocycles. The summed E-state index contributed by atoms with van der Waals surface area (Å²) >= 11 is 1.70. The van der Waals surface area contributed by atoms with Crippen LogP contribution in [0.1, 0.15) is 11.3 Å². The molecule has 0 bridgehead atoms. The van der Waals surface area contributed by atoms with Crippen molar-refractivity contribution in [1.82, 2.24) is 14.7 Å². The van der Waals surface area contributed by atoms with E-state index in [0.29, 0.717) is 6.54 Å². The second-order valence-corrected chi connectivity index (χ2v) is 5.50. The van der Waals surface area contributed by atoms with Crippen LogP contribution in [0.4, 0.5) is 0 Å². The smallest absolute Gasteiger partial charge is 0.128 e. The molecule has 1 aliphatic rings. The van der Waals surface area contributed by atoms with E-state index in [1.807, 2.05) is 10.7 Å². The molecule has 3 rings (SSSR count). The van der Waals surface area contributed by atoms with Gasteiger partial charge in [-0.05, 0) is 18.5 Å². The van der Waals surface area contributed by atoms with Gasteiger partial charge in [0.25, 0.3) is 0 Å². The van der Waals surface area contributed by atoms with Crippen LogP contribution in [0.3, 0.4) is 0 Å². The summed E-state index contributed by atoms with van der Waals surface area (Å²) in [6, 6.07) is 6.33. The lowest BCUT2D eigenvalue weighted by Crippen LogP contribution is -2.27. The highest BCUT2D eigenvalue weighted by Gasteiger charge is 2.24. The summed E-state index contributed by atoms with van der Waals surface area (Å²) in [6.07, 6.45) is 0.978. The first-order valence-electron chi connectivity index (χ1n) is 5.97. The van der Waals surface area contributed by atoms with Crippen molar-refractivity contribution < 1.29 is 0 Å². The standard InChI is InChI=1S/C13H14N4S/c1-16-6-4-11-10(9-16)13(12-3-2-8-18-12)15-17(11)7-5-14/h2-3,8H,4,6-7,9H2,1H3. The van der Waals surface area contributed by atoms with Crippen LogP contribution in [-0.2, 0) is 19.5 Å². The van der Waals surface area contributed by atoms with Gasteiger partial charge in [0.15, 0.2) is 0 Å². The van der Waals surface area contributed by atoms with Gasteiger partial charge in [0.2, 0.25) is 0 Å². The third-order valence-electron chi connectivity index (χ3n) is 3.30. The second-order valence-electron chi connectivity index (χ2n) is 4.55. The first-order valence-corrected chi connectivity index (χ1v) is 6.85. The molecule has 0 unspecified atom stereocenters. The van der Waals surface area contributed by atoms with E-state index >= 15 is 0 Å². The Bertz CT molecular complexity index is 591. The largest absolute Gasteiger partial charge is 0.302 e. The summed E-state index contributed by atoms with van der Waals surface area (Å²) in [5.41, 5.74) is 3.58. The average Bonchev–Trinajstić information content (AvgIpc) is 2.97. The molecule has 0 amide bonds. The van der Waals surface area contributed by atoms with Gasteiger partial charge in [0, 0.05) is 30.8 Å². The van der Waals surface area contributed by atoms with E-state index in [4.69, 9.17) is 5.26 Å². The molecule has 0 fully saturated rings. The predicted octanol–water partition coefficient (Wildman–Crippen LogP) is 2.12. The molecule has 2 aromatic rings. The molecule has 4 nitrogen and oxygen atoms in total. The normalized spacial score (nSPS) is 15.3. The fourth-order valence-corrected chi connectivity index (χ4v) is 3.17. The van der Waals surface area contributed by atoms with Crippen molar-refractivity contribution in [2.75, 3.05) is 13.6 Å². The quantitative estimate of drug-likeness (QED) is 0.829. The topological polar surface area (TPSA) is 44.9 Å². The van der Waals surface area contributed by atoms with E-state index in [2.05, 4.69) is 34.6 Å². The molecule has 0 N–H and O–H groups in total. The minimum Gasteiger partial charge on any atom is -0.302 e. The lowest BCUT2D eigenvalue weighted by Gasteiger charge is -2.23. The van der Waals surface area contributed by atoms with Crippen LogP contribution in [0.15, 0.2) is 17.5 Å². The van der Waals surface area contributed by atoms with Crippen LogP contribution in [0.5, 0.6) is 0 Å². The van der Waals surface area contributed by atoms with E-state index < -0.39 is 0 Å². The third kappa shape index (κ3) is 1.84. The fourth-order valence-electron chi connectivity index (χ4n) is 2.43. The van der Waals surface area contributed by atoms with Gasteiger partial charge < -0.3 is 4.90 Å².